The molecule has 0 saturated carbocycles. The third kappa shape index (κ3) is 2.75. The van der Waals surface area contributed by atoms with Gasteiger partial charge in [-0.1, -0.05) is 0 Å². The summed E-state index contributed by atoms with van der Waals surface area (Å²) < 4.78 is 5.60. The second-order valence-electron chi connectivity index (χ2n) is 10.5. The summed E-state index contributed by atoms with van der Waals surface area (Å²) in [5.74, 6) is 0. The Bertz CT molecular complexity index is 2160. The van der Waals surface area contributed by atoms with Crippen LogP contribution in [0.5, 0.6) is 0 Å². The molecule has 0 fully saturated rings. The average molecular weight is 577 g/mol. The van der Waals surface area contributed by atoms with Gasteiger partial charge in [-0.2, -0.15) is 0 Å². The molecule has 0 atom stereocenters. The van der Waals surface area contributed by atoms with Crippen LogP contribution in [0.4, 0.5) is 0 Å². The number of benzene rings is 6. The van der Waals surface area contributed by atoms with Gasteiger partial charge in [0, 0.05) is 0 Å². The van der Waals surface area contributed by atoms with Crippen LogP contribution in [0.1, 0.15) is 0 Å². The van der Waals surface area contributed by atoms with Crippen molar-refractivity contribution in [1.29, 1.82) is 0 Å². The normalized spacial score (nSPS) is 14.3. The molecule has 3 heterocycles. The number of fused-ring (bicyclic) bond motifs is 8. The van der Waals surface area contributed by atoms with E-state index >= 15 is 0 Å². The summed E-state index contributed by atoms with van der Waals surface area (Å²) in [6.07, 6.45) is 0. The van der Waals surface area contributed by atoms with Crippen molar-refractivity contribution in [3.05, 3.63) is 140 Å². The Hall–Kier alpha value is -4.14. The van der Waals surface area contributed by atoms with Gasteiger partial charge in [0.25, 0.3) is 0 Å². The van der Waals surface area contributed by atoms with Crippen molar-refractivity contribution < 1.29 is 0 Å². The van der Waals surface area contributed by atoms with Gasteiger partial charge in [0.1, 0.15) is 0 Å². The van der Waals surface area contributed by atoms with Crippen molar-refractivity contribution in [1.82, 2.24) is 4.40 Å². The van der Waals surface area contributed by atoms with Gasteiger partial charge in [-0.25, -0.2) is 0 Å². The predicted molar refractivity (Wildman–Crippen MR) is 170 cm³/mol. The third-order valence-electron chi connectivity index (χ3n) is 8.65. The zero-order valence-corrected chi connectivity index (χ0v) is 23.8. The molecule has 0 spiro atoms. The summed E-state index contributed by atoms with van der Waals surface area (Å²) in [7, 11) is -2.55. The number of hydrogen-bond donors (Lipinski definition) is 0. The SMILES string of the molecule is c1ccc([Si]2(c3ccccc3)c3ccccc3[Se]c3cc4c5cccc6c7ccccc7n(c4cc32)c65)cc1. The van der Waals surface area contributed by atoms with E-state index in [0.717, 1.165) is 0 Å². The molecule has 39 heavy (non-hydrogen) atoms. The number of aromatic nitrogens is 1. The average Bonchev–Trinajstić information content (AvgIpc) is 3.52. The van der Waals surface area contributed by atoms with Gasteiger partial charge in [0.05, 0.1) is 0 Å². The molecule has 0 amide bonds. The first-order valence-electron chi connectivity index (χ1n) is 13.5. The molecule has 0 radical (unpaired) electrons. The number of nitrogens with zero attached hydrogens (tertiary/aromatic N) is 1. The second kappa shape index (κ2) is 7.94. The molecule has 9 rings (SSSR count). The maximum absolute atomic E-state index is 2.60. The first-order valence-corrected chi connectivity index (χ1v) is 17.2. The van der Waals surface area contributed by atoms with Crippen molar-refractivity contribution in [2.75, 3.05) is 0 Å². The van der Waals surface area contributed by atoms with Crippen molar-refractivity contribution in [3.8, 4) is 0 Å². The third-order valence-corrected chi connectivity index (χ3v) is 16.7. The fourth-order valence-electron chi connectivity index (χ4n) is 7.13. The van der Waals surface area contributed by atoms with E-state index in [2.05, 4.69) is 144 Å². The molecular weight excluding hydrogens is 553 g/mol. The van der Waals surface area contributed by atoms with Crippen LogP contribution in [-0.4, -0.2) is 27.4 Å². The molecule has 182 valence electrons. The topological polar surface area (TPSA) is 4.41 Å². The van der Waals surface area contributed by atoms with E-state index in [1.807, 2.05) is 0 Å². The number of hydrogen-bond acceptors (Lipinski definition) is 0. The molecule has 0 bridgehead atoms. The Morgan fingerprint density at radius 1 is 0.436 bits per heavy atom. The van der Waals surface area contributed by atoms with Gasteiger partial charge >= 0.3 is 235 Å². The Morgan fingerprint density at radius 2 is 1.05 bits per heavy atom. The molecule has 0 aliphatic carbocycles. The van der Waals surface area contributed by atoms with E-state index in [9.17, 15) is 0 Å². The van der Waals surface area contributed by atoms with Crippen LogP contribution >= 0.6 is 0 Å². The molecular formula is C36H23NSeSi. The quantitative estimate of drug-likeness (QED) is 0.272. The fraction of sp³-hybridized carbons (Fsp3) is 0. The monoisotopic (exact) mass is 577 g/mol. The van der Waals surface area contributed by atoms with Crippen LogP contribution in [0.15, 0.2) is 140 Å². The minimum absolute atomic E-state index is 0.244. The van der Waals surface area contributed by atoms with E-state index in [-0.39, 0.29) is 15.0 Å². The first kappa shape index (κ1) is 21.8. The molecule has 1 aliphatic rings. The molecule has 6 aromatic carbocycles. The number of rotatable bonds is 2. The van der Waals surface area contributed by atoms with E-state index < -0.39 is 8.07 Å². The van der Waals surface area contributed by atoms with E-state index in [0.29, 0.717) is 0 Å². The standard InChI is InChI=1S/C36H23NSeSi/c1-3-12-24(13-4-1)39(25-14-5-2-6-15-25)34-21-10-9-20-32(34)38-33-22-29-28-18-11-17-27-26-16-7-8-19-30(26)37(36(27)28)31(29)23-35(33)39/h1-23H. The summed E-state index contributed by atoms with van der Waals surface area (Å²) in [5.41, 5.74) is 3.99. The second-order valence-corrected chi connectivity index (χ2v) is 16.5. The van der Waals surface area contributed by atoms with Crippen molar-refractivity contribution in [2.24, 2.45) is 0 Å². The number of para-hydroxylation sites is 2. The van der Waals surface area contributed by atoms with E-state index in [4.69, 9.17) is 0 Å². The van der Waals surface area contributed by atoms with Gasteiger partial charge in [-0.3, -0.25) is 0 Å². The Balaban J connectivity index is 1.51. The molecule has 0 saturated heterocycles. The molecule has 8 aromatic rings. The van der Waals surface area contributed by atoms with Crippen LogP contribution in [0.3, 0.4) is 0 Å². The van der Waals surface area contributed by atoms with Gasteiger partial charge in [0.15, 0.2) is 0 Å². The van der Waals surface area contributed by atoms with Gasteiger partial charge in [-0.05, 0) is 0 Å². The summed E-state index contributed by atoms with van der Waals surface area (Å²) in [6, 6.07) is 52.9. The first-order chi connectivity index (χ1) is 19.4. The summed E-state index contributed by atoms with van der Waals surface area (Å²) in [6.45, 7) is 0. The zero-order chi connectivity index (χ0) is 25.6. The van der Waals surface area contributed by atoms with Crippen LogP contribution in [0.25, 0.3) is 38.1 Å². The van der Waals surface area contributed by atoms with Gasteiger partial charge in [-0.15, -0.1) is 0 Å². The summed E-state index contributed by atoms with van der Waals surface area (Å²) in [5, 5.41) is 11.4. The Labute approximate surface area is 233 Å². The predicted octanol–water partition coefficient (Wildman–Crippen LogP) is 4.18. The minimum atomic E-state index is -2.55. The zero-order valence-electron chi connectivity index (χ0n) is 21.1. The van der Waals surface area contributed by atoms with Crippen molar-refractivity contribution in [3.63, 3.8) is 0 Å². The summed E-state index contributed by atoms with van der Waals surface area (Å²) in [4.78, 5) is 0. The maximum atomic E-state index is 2.60. The molecule has 0 unspecified atom stereocenters. The van der Waals surface area contributed by atoms with Gasteiger partial charge < -0.3 is 0 Å². The van der Waals surface area contributed by atoms with Crippen LogP contribution < -0.4 is 29.7 Å². The Kier molecular flexibility index (Phi) is 4.43. The molecule has 1 nitrogen and oxygen atoms in total. The van der Waals surface area contributed by atoms with E-state index in [1.54, 1.807) is 10.4 Å². The molecule has 2 aromatic heterocycles. The van der Waals surface area contributed by atoms with Crippen LogP contribution in [0.2, 0.25) is 0 Å². The van der Waals surface area contributed by atoms with Crippen molar-refractivity contribution in [2.45, 2.75) is 0 Å². The Morgan fingerprint density at radius 3 is 1.82 bits per heavy atom. The fourth-order valence-corrected chi connectivity index (χ4v) is 16.3. The van der Waals surface area contributed by atoms with Crippen LogP contribution in [0, 0.1) is 0 Å². The molecule has 0 N–H and O–H groups in total. The van der Waals surface area contributed by atoms with Crippen molar-refractivity contribution >= 4 is 90.8 Å². The molecule has 1 aliphatic heterocycles. The van der Waals surface area contributed by atoms with E-state index in [1.165, 1.54) is 57.4 Å². The molecule has 3 heteroatoms. The van der Waals surface area contributed by atoms with Gasteiger partial charge in [0.2, 0.25) is 0 Å². The summed E-state index contributed by atoms with van der Waals surface area (Å²) >= 11 is 0.244. The van der Waals surface area contributed by atoms with Crippen LogP contribution in [-0.2, 0) is 0 Å².